The molecule has 3 aromatic rings. The molecule has 0 saturated heterocycles. The second-order valence-electron chi connectivity index (χ2n) is 5.91. The molecular formula is C20H14N4Y. The minimum absolute atomic E-state index is 0. The van der Waals surface area contributed by atoms with Gasteiger partial charge in [0.15, 0.2) is 0 Å². The maximum atomic E-state index is 4.62. The van der Waals surface area contributed by atoms with Crippen molar-refractivity contribution in [2.45, 2.75) is 0 Å². The zero-order valence-corrected chi connectivity index (χ0v) is 16.2. The first-order valence-electron chi connectivity index (χ1n) is 7.85. The molecule has 0 amide bonds. The van der Waals surface area contributed by atoms with E-state index in [1.165, 1.54) is 0 Å². The molecule has 1 radical (unpaired) electrons. The number of aromatic amines is 2. The monoisotopic (exact) mass is 399 g/mol. The number of nitrogens with zero attached hydrogens (tertiary/aromatic N) is 2. The molecule has 0 spiro atoms. The SMILES string of the molecule is C1=Cc2cc3ccc(cc4ccc(cc5nc(cc1n2)C=C5)[nH]4)[nH]3.[Y]. The van der Waals surface area contributed by atoms with Crippen molar-refractivity contribution < 1.29 is 32.7 Å². The summed E-state index contributed by atoms with van der Waals surface area (Å²) in [5.41, 5.74) is 7.86. The third kappa shape index (κ3) is 3.41. The number of rotatable bonds is 0. The predicted octanol–water partition coefficient (Wildman–Crippen LogP) is 4.65. The van der Waals surface area contributed by atoms with Crippen molar-refractivity contribution in [1.82, 2.24) is 19.9 Å². The molecule has 2 aliphatic heterocycles. The average Bonchev–Trinajstić information content (AvgIpc) is 3.32. The molecule has 5 heteroatoms. The summed E-state index contributed by atoms with van der Waals surface area (Å²) in [5, 5.41) is 0. The van der Waals surface area contributed by atoms with Crippen LogP contribution in [-0.4, -0.2) is 19.9 Å². The maximum Gasteiger partial charge on any atom is 0.0659 e. The van der Waals surface area contributed by atoms with Crippen LogP contribution in [0.15, 0.2) is 48.5 Å². The topological polar surface area (TPSA) is 57.4 Å². The Morgan fingerprint density at radius 1 is 0.480 bits per heavy atom. The molecule has 3 aromatic heterocycles. The van der Waals surface area contributed by atoms with Crippen LogP contribution in [-0.2, 0) is 32.7 Å². The van der Waals surface area contributed by atoms with Crippen LogP contribution < -0.4 is 0 Å². The molecule has 0 atom stereocenters. The van der Waals surface area contributed by atoms with Gasteiger partial charge in [-0.05, 0) is 72.8 Å². The van der Waals surface area contributed by atoms with E-state index in [0.29, 0.717) is 0 Å². The van der Waals surface area contributed by atoms with Crippen LogP contribution in [0.3, 0.4) is 0 Å². The van der Waals surface area contributed by atoms with Gasteiger partial charge >= 0.3 is 0 Å². The number of nitrogens with one attached hydrogen (secondary N) is 2. The van der Waals surface area contributed by atoms with Gasteiger partial charge in [-0.1, -0.05) is 0 Å². The zero-order chi connectivity index (χ0) is 15.9. The largest absolute Gasteiger partial charge is 0.355 e. The molecule has 25 heavy (non-hydrogen) atoms. The van der Waals surface area contributed by atoms with Gasteiger partial charge < -0.3 is 9.97 Å². The summed E-state index contributed by atoms with van der Waals surface area (Å²) < 4.78 is 0. The van der Waals surface area contributed by atoms with E-state index in [1.54, 1.807) is 0 Å². The Balaban J connectivity index is 0.00000157. The van der Waals surface area contributed by atoms with Crippen molar-refractivity contribution in [3.8, 4) is 0 Å². The summed E-state index contributed by atoms with van der Waals surface area (Å²) in [6.07, 6.45) is 8.05. The molecule has 2 aliphatic rings. The second-order valence-corrected chi connectivity index (χ2v) is 5.91. The Labute approximate surface area is 169 Å². The Morgan fingerprint density at radius 2 is 0.840 bits per heavy atom. The number of aromatic nitrogens is 4. The third-order valence-corrected chi connectivity index (χ3v) is 4.04. The summed E-state index contributed by atoms with van der Waals surface area (Å²) in [6.45, 7) is 0. The number of hydrogen-bond donors (Lipinski definition) is 2. The fourth-order valence-electron chi connectivity index (χ4n) is 2.94. The molecule has 0 fully saturated rings. The van der Waals surface area contributed by atoms with E-state index < -0.39 is 0 Å². The van der Waals surface area contributed by atoms with Gasteiger partial charge in [-0.2, -0.15) is 0 Å². The second kappa shape index (κ2) is 6.54. The molecule has 117 valence electrons. The third-order valence-electron chi connectivity index (χ3n) is 4.04. The van der Waals surface area contributed by atoms with Crippen molar-refractivity contribution in [1.29, 1.82) is 0 Å². The molecule has 5 rings (SSSR count). The first-order valence-corrected chi connectivity index (χ1v) is 7.85. The van der Waals surface area contributed by atoms with E-state index in [2.05, 4.69) is 50.3 Å². The van der Waals surface area contributed by atoms with Crippen LogP contribution >= 0.6 is 0 Å². The quantitative estimate of drug-likeness (QED) is 0.398. The molecule has 0 aliphatic carbocycles. The number of hydrogen-bond acceptors (Lipinski definition) is 2. The van der Waals surface area contributed by atoms with Crippen molar-refractivity contribution in [3.63, 3.8) is 0 Å². The van der Waals surface area contributed by atoms with Crippen LogP contribution in [0.2, 0.25) is 0 Å². The van der Waals surface area contributed by atoms with E-state index in [4.69, 9.17) is 0 Å². The summed E-state index contributed by atoms with van der Waals surface area (Å²) in [5.74, 6) is 0. The van der Waals surface area contributed by atoms with E-state index in [0.717, 1.165) is 44.8 Å². The zero-order valence-electron chi connectivity index (χ0n) is 13.4. The fraction of sp³-hybridized carbons (Fsp3) is 0. The van der Waals surface area contributed by atoms with Gasteiger partial charge in [0.05, 0.1) is 22.8 Å². The summed E-state index contributed by atoms with van der Waals surface area (Å²) in [6, 6.07) is 16.4. The van der Waals surface area contributed by atoms with Crippen molar-refractivity contribution in [3.05, 3.63) is 71.3 Å². The van der Waals surface area contributed by atoms with Crippen LogP contribution in [0.1, 0.15) is 22.8 Å². The van der Waals surface area contributed by atoms with Crippen LogP contribution in [0, 0.1) is 0 Å². The van der Waals surface area contributed by atoms with Gasteiger partial charge in [-0.3, -0.25) is 0 Å². The normalized spacial score (nSPS) is 12.2. The first kappa shape index (κ1) is 16.2. The molecule has 8 bridgehead atoms. The Hall–Kier alpha value is -2.30. The van der Waals surface area contributed by atoms with Gasteiger partial charge in [-0.25, -0.2) is 9.97 Å². The maximum absolute atomic E-state index is 4.62. The van der Waals surface area contributed by atoms with E-state index in [1.807, 2.05) is 42.5 Å². The number of H-pyrrole nitrogens is 2. The summed E-state index contributed by atoms with van der Waals surface area (Å²) in [4.78, 5) is 16.0. The Kier molecular flexibility index (Phi) is 4.24. The molecule has 4 nitrogen and oxygen atoms in total. The van der Waals surface area contributed by atoms with Crippen molar-refractivity contribution >= 4 is 46.4 Å². The predicted molar refractivity (Wildman–Crippen MR) is 98.9 cm³/mol. The van der Waals surface area contributed by atoms with Gasteiger partial charge in [-0.15, -0.1) is 0 Å². The first-order chi connectivity index (χ1) is 11.8. The van der Waals surface area contributed by atoms with Crippen LogP contribution in [0.5, 0.6) is 0 Å². The molecule has 5 heterocycles. The fourth-order valence-corrected chi connectivity index (χ4v) is 2.94. The molecular weight excluding hydrogens is 385 g/mol. The van der Waals surface area contributed by atoms with Crippen LogP contribution in [0.25, 0.3) is 46.4 Å². The minimum atomic E-state index is 0. The molecule has 2 N–H and O–H groups in total. The Morgan fingerprint density at radius 3 is 1.28 bits per heavy atom. The molecule has 0 unspecified atom stereocenters. The van der Waals surface area contributed by atoms with E-state index in [9.17, 15) is 0 Å². The van der Waals surface area contributed by atoms with Crippen molar-refractivity contribution in [2.24, 2.45) is 0 Å². The summed E-state index contributed by atoms with van der Waals surface area (Å²) >= 11 is 0. The smallest absolute Gasteiger partial charge is 0.0659 e. The van der Waals surface area contributed by atoms with Gasteiger partial charge in [0.25, 0.3) is 0 Å². The molecule has 0 saturated carbocycles. The molecule has 0 aromatic carbocycles. The van der Waals surface area contributed by atoms with E-state index in [-0.39, 0.29) is 32.7 Å². The number of fused-ring (bicyclic) bond motifs is 8. The van der Waals surface area contributed by atoms with E-state index >= 15 is 0 Å². The standard InChI is InChI=1S/C20H14N4.Y/c1-2-14-10-16-5-6-18(23-16)12-20-8-7-19(24-20)11-17-4-3-15(22-17)9-13(1)21-14;/h1-12,21-22H;. The minimum Gasteiger partial charge on any atom is -0.355 e. The van der Waals surface area contributed by atoms with Crippen molar-refractivity contribution in [2.75, 3.05) is 0 Å². The summed E-state index contributed by atoms with van der Waals surface area (Å²) in [7, 11) is 0. The Bertz CT molecular complexity index is 1080. The average molecular weight is 399 g/mol. The van der Waals surface area contributed by atoms with Gasteiger partial charge in [0, 0.05) is 54.8 Å². The van der Waals surface area contributed by atoms with Gasteiger partial charge in [0.1, 0.15) is 0 Å². The van der Waals surface area contributed by atoms with Crippen LogP contribution in [0.4, 0.5) is 0 Å². The van der Waals surface area contributed by atoms with Gasteiger partial charge in [0.2, 0.25) is 0 Å².